The lowest BCUT2D eigenvalue weighted by Crippen LogP contribution is -2.60. The van der Waals surface area contributed by atoms with Gasteiger partial charge < -0.3 is 9.47 Å². The molecule has 27 heavy (non-hydrogen) atoms. The minimum absolute atomic E-state index is 0.00124. The normalized spacial score (nSPS) is 62.0. The third-order valence-corrected chi connectivity index (χ3v) is 10.4. The molecule has 4 heteroatoms. The highest BCUT2D eigenvalue weighted by Crippen LogP contribution is 2.82. The van der Waals surface area contributed by atoms with Gasteiger partial charge in [-0.1, -0.05) is 19.4 Å². The molecule has 0 unspecified atom stereocenters. The lowest BCUT2D eigenvalue weighted by molar-refractivity contribution is -0.164. The van der Waals surface area contributed by atoms with Gasteiger partial charge in [0.05, 0.1) is 6.10 Å². The summed E-state index contributed by atoms with van der Waals surface area (Å²) >= 11 is 0. The van der Waals surface area contributed by atoms with Crippen molar-refractivity contribution in [1.82, 2.24) is 0 Å². The molecule has 0 aromatic rings. The lowest BCUT2D eigenvalue weighted by atomic mass is 9.46. The van der Waals surface area contributed by atoms with Crippen LogP contribution in [0.1, 0.15) is 65.2 Å². The van der Waals surface area contributed by atoms with Crippen LogP contribution in [0, 0.1) is 34.5 Å². The third kappa shape index (κ3) is 1.47. The second-order valence-corrected chi connectivity index (χ2v) is 11.1. The SMILES string of the molecule is C[C@]12CCC(=O)C=C1[C@@H]1C[C@@H]1[C@H]1[C@@H]3CC[C@]4(CCC(=O)O4)[C@@]3(C)C[C@H]3O[C@@]132. The van der Waals surface area contributed by atoms with Gasteiger partial charge in [0.25, 0.3) is 0 Å². The molecule has 2 saturated heterocycles. The van der Waals surface area contributed by atoms with Crippen molar-refractivity contribution in [1.29, 1.82) is 0 Å². The predicted octanol–water partition coefficient (Wildman–Crippen LogP) is 3.58. The van der Waals surface area contributed by atoms with Gasteiger partial charge in [0, 0.05) is 23.7 Å². The first kappa shape index (κ1) is 15.7. The molecule has 0 aromatic heterocycles. The van der Waals surface area contributed by atoms with Gasteiger partial charge in [-0.2, -0.15) is 0 Å². The highest BCUT2D eigenvalue weighted by atomic mass is 16.6. The van der Waals surface area contributed by atoms with Crippen LogP contribution in [-0.2, 0) is 19.1 Å². The number of carbonyl (C=O) groups excluding carboxylic acids is 2. The molecule has 7 aliphatic rings. The van der Waals surface area contributed by atoms with E-state index in [0.29, 0.717) is 42.3 Å². The van der Waals surface area contributed by atoms with E-state index in [9.17, 15) is 9.59 Å². The molecule has 2 aliphatic heterocycles. The zero-order valence-corrected chi connectivity index (χ0v) is 16.3. The Morgan fingerprint density at radius 1 is 1.11 bits per heavy atom. The van der Waals surface area contributed by atoms with Crippen molar-refractivity contribution in [2.45, 2.75) is 82.5 Å². The zero-order chi connectivity index (χ0) is 18.4. The summed E-state index contributed by atoms with van der Waals surface area (Å²) in [5.41, 5.74) is 1.24. The molecule has 4 saturated carbocycles. The van der Waals surface area contributed by atoms with Crippen LogP contribution >= 0.6 is 0 Å². The highest BCUT2D eigenvalue weighted by Gasteiger charge is 2.85. The summed E-state index contributed by atoms with van der Waals surface area (Å²) in [5, 5.41) is 0. The van der Waals surface area contributed by atoms with Crippen LogP contribution in [0.15, 0.2) is 11.6 Å². The van der Waals surface area contributed by atoms with E-state index in [2.05, 4.69) is 13.8 Å². The number of hydrogen-bond donors (Lipinski definition) is 0. The van der Waals surface area contributed by atoms with Gasteiger partial charge >= 0.3 is 5.97 Å². The Morgan fingerprint density at radius 2 is 1.96 bits per heavy atom. The van der Waals surface area contributed by atoms with Gasteiger partial charge in [-0.15, -0.1) is 0 Å². The van der Waals surface area contributed by atoms with Gasteiger partial charge in [0.1, 0.15) is 11.2 Å². The number of ketones is 1. The number of hydrogen-bond acceptors (Lipinski definition) is 4. The summed E-state index contributed by atoms with van der Waals surface area (Å²) in [6.07, 6.45) is 9.85. The van der Waals surface area contributed by atoms with E-state index in [1.54, 1.807) is 0 Å². The van der Waals surface area contributed by atoms with Crippen LogP contribution in [0.25, 0.3) is 0 Å². The first-order valence-corrected chi connectivity index (χ1v) is 11.0. The van der Waals surface area contributed by atoms with E-state index < -0.39 is 0 Å². The molecular formula is C23H28O4. The Hall–Kier alpha value is -1.16. The molecule has 9 atom stereocenters. The van der Waals surface area contributed by atoms with Crippen molar-refractivity contribution < 1.29 is 19.1 Å². The number of fused-ring (bicyclic) bond motifs is 7. The van der Waals surface area contributed by atoms with Gasteiger partial charge in [0.15, 0.2) is 5.78 Å². The summed E-state index contributed by atoms with van der Waals surface area (Å²) in [5.74, 6) is 2.77. The van der Waals surface area contributed by atoms with Crippen LogP contribution in [-0.4, -0.2) is 29.1 Å². The average molecular weight is 368 g/mol. The van der Waals surface area contributed by atoms with E-state index in [1.165, 1.54) is 18.4 Å². The number of carbonyl (C=O) groups is 2. The second kappa shape index (κ2) is 4.22. The molecule has 7 rings (SSSR count). The van der Waals surface area contributed by atoms with E-state index in [4.69, 9.17) is 9.47 Å². The molecule has 0 aromatic carbocycles. The minimum Gasteiger partial charge on any atom is -0.458 e. The summed E-state index contributed by atoms with van der Waals surface area (Å²) in [4.78, 5) is 24.2. The summed E-state index contributed by atoms with van der Waals surface area (Å²) in [6, 6.07) is 0. The molecule has 0 N–H and O–H groups in total. The molecule has 2 spiro atoms. The number of rotatable bonds is 0. The summed E-state index contributed by atoms with van der Waals surface area (Å²) in [7, 11) is 0. The first-order chi connectivity index (χ1) is 12.8. The van der Waals surface area contributed by atoms with Gasteiger partial charge in [-0.25, -0.2) is 0 Å². The van der Waals surface area contributed by atoms with Crippen molar-refractivity contribution in [3.63, 3.8) is 0 Å². The first-order valence-electron chi connectivity index (χ1n) is 11.0. The lowest BCUT2D eigenvalue weighted by Gasteiger charge is -2.56. The van der Waals surface area contributed by atoms with Crippen LogP contribution < -0.4 is 0 Å². The fourth-order valence-electron chi connectivity index (χ4n) is 9.12. The monoisotopic (exact) mass is 368 g/mol. The number of ether oxygens (including phenoxy) is 2. The van der Waals surface area contributed by atoms with Crippen LogP contribution in [0.2, 0.25) is 0 Å². The van der Waals surface area contributed by atoms with E-state index in [0.717, 1.165) is 25.7 Å². The van der Waals surface area contributed by atoms with E-state index >= 15 is 0 Å². The fourth-order valence-corrected chi connectivity index (χ4v) is 9.12. The molecule has 4 nitrogen and oxygen atoms in total. The van der Waals surface area contributed by atoms with Crippen molar-refractivity contribution in [3.8, 4) is 0 Å². The van der Waals surface area contributed by atoms with Crippen LogP contribution in [0.3, 0.4) is 0 Å². The average Bonchev–Trinajstić information content (AvgIpc) is 3.49. The van der Waals surface area contributed by atoms with E-state index in [1.807, 2.05) is 6.08 Å². The predicted molar refractivity (Wildman–Crippen MR) is 96.6 cm³/mol. The number of epoxide rings is 1. The maximum atomic E-state index is 12.2. The Bertz CT molecular complexity index is 845. The Kier molecular flexibility index (Phi) is 2.46. The van der Waals surface area contributed by atoms with Crippen molar-refractivity contribution in [3.05, 3.63) is 11.6 Å². The van der Waals surface area contributed by atoms with Crippen molar-refractivity contribution in [2.24, 2.45) is 34.5 Å². The van der Waals surface area contributed by atoms with Crippen LogP contribution in [0.4, 0.5) is 0 Å². The van der Waals surface area contributed by atoms with Gasteiger partial charge in [-0.05, 0) is 68.3 Å². The zero-order valence-electron chi connectivity index (χ0n) is 16.3. The molecule has 2 heterocycles. The Balaban J connectivity index is 1.36. The molecule has 6 fully saturated rings. The van der Waals surface area contributed by atoms with E-state index in [-0.39, 0.29) is 34.1 Å². The smallest absolute Gasteiger partial charge is 0.306 e. The Labute approximate surface area is 160 Å². The standard InChI is InChI=1S/C23H28O4/c1-20-6-3-12(24)9-16(20)13-10-14(13)19-15-4-7-22(8-5-18(25)27-22)21(15,2)11-17-23(19,20)26-17/h9,13-15,17,19H,3-8,10-11H2,1-2H3/t13-,14+,15+,17-,19+,20+,21+,22+,23-/m1/s1. The quantitative estimate of drug-likeness (QED) is 0.484. The Morgan fingerprint density at radius 3 is 2.74 bits per heavy atom. The van der Waals surface area contributed by atoms with Gasteiger partial charge in [-0.3, -0.25) is 9.59 Å². The van der Waals surface area contributed by atoms with Crippen molar-refractivity contribution in [2.75, 3.05) is 0 Å². The maximum Gasteiger partial charge on any atom is 0.306 e. The molecule has 5 aliphatic carbocycles. The molecule has 144 valence electrons. The molecular weight excluding hydrogens is 340 g/mol. The largest absolute Gasteiger partial charge is 0.458 e. The van der Waals surface area contributed by atoms with Gasteiger partial charge in [0.2, 0.25) is 0 Å². The van der Waals surface area contributed by atoms with Crippen molar-refractivity contribution >= 4 is 11.8 Å². The molecule has 0 radical (unpaired) electrons. The fraction of sp³-hybridized carbons (Fsp3) is 0.826. The van der Waals surface area contributed by atoms with Crippen LogP contribution in [0.5, 0.6) is 0 Å². The topological polar surface area (TPSA) is 55.9 Å². The maximum absolute atomic E-state index is 12.2. The summed E-state index contributed by atoms with van der Waals surface area (Å²) < 4.78 is 12.8. The number of esters is 1. The minimum atomic E-state index is -0.239. The summed E-state index contributed by atoms with van der Waals surface area (Å²) in [6.45, 7) is 4.81. The molecule has 0 bridgehead atoms. The second-order valence-electron chi connectivity index (χ2n) is 11.1. The molecule has 0 amide bonds. The third-order valence-electron chi connectivity index (χ3n) is 10.4. The highest BCUT2D eigenvalue weighted by molar-refractivity contribution is 5.92.